The summed E-state index contributed by atoms with van der Waals surface area (Å²) in [5.74, 6) is 0. The van der Waals surface area contributed by atoms with Crippen LogP contribution in [0.3, 0.4) is 0 Å². The molecule has 0 N–H and O–H groups in total. The van der Waals surface area contributed by atoms with Crippen molar-refractivity contribution in [1.29, 1.82) is 0 Å². The van der Waals surface area contributed by atoms with Gasteiger partial charge < -0.3 is 4.74 Å². The molecule has 0 aromatic heterocycles. The maximum Gasteiger partial charge on any atom is 0.135 e. The number of hydrogen-bond acceptors (Lipinski definition) is 4. The molecule has 1 aliphatic heterocycles. The molecule has 0 saturated carbocycles. The lowest BCUT2D eigenvalue weighted by atomic mass is 9.99. The highest BCUT2D eigenvalue weighted by Gasteiger charge is 2.23. The van der Waals surface area contributed by atoms with Crippen LogP contribution in [0, 0.1) is 0 Å². The first-order valence-electron chi connectivity index (χ1n) is 6.35. The summed E-state index contributed by atoms with van der Waals surface area (Å²) in [5.41, 5.74) is 0.667. The van der Waals surface area contributed by atoms with Crippen LogP contribution in [-0.2, 0) is 20.1 Å². The molecule has 2 rings (SSSR count). The van der Waals surface area contributed by atoms with E-state index in [-0.39, 0.29) is 0 Å². The molecule has 1 fully saturated rings. The van der Waals surface area contributed by atoms with Crippen molar-refractivity contribution in [2.75, 3.05) is 33.0 Å². The summed E-state index contributed by atoms with van der Waals surface area (Å²) in [6.07, 6.45) is 0. The first-order valence-corrected chi connectivity index (χ1v) is 6.35. The molecule has 0 amide bonds. The molecule has 1 aromatic rings. The van der Waals surface area contributed by atoms with Crippen LogP contribution in [0.15, 0.2) is 30.3 Å². The summed E-state index contributed by atoms with van der Waals surface area (Å²) >= 11 is 0. The Hall–Kier alpha value is -0.940. The summed E-state index contributed by atoms with van der Waals surface area (Å²) in [6.45, 7) is 7.82. The molecule has 0 unspecified atom stereocenters. The molecule has 0 bridgehead atoms. The lowest BCUT2D eigenvalue weighted by Gasteiger charge is -2.29. The van der Waals surface area contributed by atoms with Crippen LogP contribution in [0.2, 0.25) is 0 Å². The van der Waals surface area contributed by atoms with Crippen molar-refractivity contribution < 1.29 is 14.5 Å². The zero-order valence-electron chi connectivity index (χ0n) is 11.1. The maximum absolute atomic E-state index is 5.54. The van der Waals surface area contributed by atoms with Crippen molar-refractivity contribution in [3.8, 4) is 0 Å². The minimum absolute atomic E-state index is 0.437. The molecule has 4 nitrogen and oxygen atoms in total. The van der Waals surface area contributed by atoms with E-state index in [2.05, 4.69) is 4.90 Å². The standard InChI is InChI=1S/C14H21NO3/c1-14(2,13-6-4-3-5-7-13)18-17-12-15-8-10-16-11-9-15/h3-7H,8-12H2,1-2H3. The average molecular weight is 251 g/mol. The zero-order chi connectivity index (χ0) is 12.8. The van der Waals surface area contributed by atoms with Crippen LogP contribution < -0.4 is 0 Å². The number of hydrogen-bond donors (Lipinski definition) is 0. The molecule has 0 radical (unpaired) electrons. The monoisotopic (exact) mass is 251 g/mol. The highest BCUT2D eigenvalue weighted by atomic mass is 17.2. The van der Waals surface area contributed by atoms with Gasteiger partial charge >= 0.3 is 0 Å². The van der Waals surface area contributed by atoms with Crippen molar-refractivity contribution in [2.24, 2.45) is 0 Å². The normalized spacial score (nSPS) is 17.9. The van der Waals surface area contributed by atoms with Crippen LogP contribution >= 0.6 is 0 Å². The van der Waals surface area contributed by atoms with Crippen molar-refractivity contribution in [1.82, 2.24) is 4.90 Å². The van der Waals surface area contributed by atoms with Crippen molar-refractivity contribution >= 4 is 0 Å². The van der Waals surface area contributed by atoms with E-state index in [4.69, 9.17) is 14.5 Å². The molecule has 1 aliphatic rings. The Bertz CT molecular complexity index is 347. The lowest BCUT2D eigenvalue weighted by Crippen LogP contribution is -2.38. The lowest BCUT2D eigenvalue weighted by molar-refractivity contribution is -0.375. The SMILES string of the molecule is CC(C)(OOCN1CCOCC1)c1ccccc1. The van der Waals surface area contributed by atoms with Gasteiger partial charge in [-0.25, -0.2) is 9.78 Å². The third kappa shape index (κ3) is 3.78. The van der Waals surface area contributed by atoms with Gasteiger partial charge in [0.25, 0.3) is 0 Å². The minimum atomic E-state index is -0.437. The second-order valence-electron chi connectivity index (χ2n) is 4.94. The van der Waals surface area contributed by atoms with Gasteiger partial charge in [0, 0.05) is 13.1 Å². The predicted molar refractivity (Wildman–Crippen MR) is 68.9 cm³/mol. The molecule has 0 spiro atoms. The Morgan fingerprint density at radius 2 is 1.83 bits per heavy atom. The largest absolute Gasteiger partial charge is 0.379 e. The van der Waals surface area contributed by atoms with E-state index in [1.165, 1.54) is 0 Å². The number of nitrogens with zero attached hydrogens (tertiary/aromatic N) is 1. The van der Waals surface area contributed by atoms with Crippen molar-refractivity contribution in [2.45, 2.75) is 19.4 Å². The zero-order valence-corrected chi connectivity index (χ0v) is 11.1. The molecule has 18 heavy (non-hydrogen) atoms. The molecule has 0 atom stereocenters. The Morgan fingerprint density at radius 1 is 1.17 bits per heavy atom. The summed E-state index contributed by atoms with van der Waals surface area (Å²) in [4.78, 5) is 13.1. The fourth-order valence-corrected chi connectivity index (χ4v) is 1.87. The molecule has 1 aromatic carbocycles. The summed E-state index contributed by atoms with van der Waals surface area (Å²) in [7, 11) is 0. The molecular weight excluding hydrogens is 230 g/mol. The number of morpholine rings is 1. The Morgan fingerprint density at radius 3 is 2.50 bits per heavy atom. The van der Waals surface area contributed by atoms with E-state index in [0.717, 1.165) is 31.9 Å². The van der Waals surface area contributed by atoms with E-state index in [0.29, 0.717) is 6.73 Å². The van der Waals surface area contributed by atoms with Gasteiger partial charge in [-0.2, -0.15) is 0 Å². The Labute approximate surface area is 108 Å². The van der Waals surface area contributed by atoms with Crippen LogP contribution in [0.1, 0.15) is 19.4 Å². The van der Waals surface area contributed by atoms with Gasteiger partial charge in [0.1, 0.15) is 12.3 Å². The number of rotatable bonds is 5. The summed E-state index contributed by atoms with van der Waals surface area (Å²) in [5, 5.41) is 0. The quantitative estimate of drug-likeness (QED) is 0.593. The van der Waals surface area contributed by atoms with Gasteiger partial charge in [0.05, 0.1) is 13.2 Å². The first-order chi connectivity index (χ1) is 8.68. The molecule has 1 heterocycles. The second kappa shape index (κ2) is 6.29. The van der Waals surface area contributed by atoms with Gasteiger partial charge in [0.2, 0.25) is 0 Å². The number of ether oxygens (including phenoxy) is 1. The molecule has 4 heteroatoms. The smallest absolute Gasteiger partial charge is 0.135 e. The predicted octanol–water partition coefficient (Wildman–Crippen LogP) is 2.16. The molecule has 0 aliphatic carbocycles. The van der Waals surface area contributed by atoms with Crippen LogP contribution in [0.5, 0.6) is 0 Å². The van der Waals surface area contributed by atoms with E-state index in [9.17, 15) is 0 Å². The first kappa shape index (κ1) is 13.5. The van der Waals surface area contributed by atoms with Gasteiger partial charge in [-0.15, -0.1) is 0 Å². The second-order valence-corrected chi connectivity index (χ2v) is 4.94. The van der Waals surface area contributed by atoms with Gasteiger partial charge in [0.15, 0.2) is 0 Å². The average Bonchev–Trinajstić information content (AvgIpc) is 2.41. The van der Waals surface area contributed by atoms with Gasteiger partial charge in [-0.1, -0.05) is 30.3 Å². The van der Waals surface area contributed by atoms with Gasteiger partial charge in [-0.05, 0) is 19.4 Å². The van der Waals surface area contributed by atoms with E-state index in [1.807, 2.05) is 44.2 Å². The third-order valence-electron chi connectivity index (χ3n) is 3.08. The van der Waals surface area contributed by atoms with Crippen LogP contribution in [0.25, 0.3) is 0 Å². The fraction of sp³-hybridized carbons (Fsp3) is 0.571. The Balaban J connectivity index is 1.78. The van der Waals surface area contributed by atoms with Crippen molar-refractivity contribution in [3.63, 3.8) is 0 Å². The summed E-state index contributed by atoms with van der Waals surface area (Å²) in [6, 6.07) is 10.1. The van der Waals surface area contributed by atoms with Crippen molar-refractivity contribution in [3.05, 3.63) is 35.9 Å². The topological polar surface area (TPSA) is 30.9 Å². The molecular formula is C14H21NO3. The molecule has 100 valence electrons. The highest BCUT2D eigenvalue weighted by Crippen LogP contribution is 2.24. The summed E-state index contributed by atoms with van der Waals surface area (Å²) < 4.78 is 5.28. The third-order valence-corrected chi connectivity index (χ3v) is 3.08. The molecule has 1 saturated heterocycles. The van der Waals surface area contributed by atoms with E-state index in [1.54, 1.807) is 0 Å². The number of benzene rings is 1. The van der Waals surface area contributed by atoms with E-state index >= 15 is 0 Å². The highest BCUT2D eigenvalue weighted by molar-refractivity contribution is 5.20. The van der Waals surface area contributed by atoms with Crippen LogP contribution in [-0.4, -0.2) is 37.9 Å². The van der Waals surface area contributed by atoms with Gasteiger partial charge in [-0.3, -0.25) is 4.90 Å². The Kier molecular flexibility index (Phi) is 4.72. The van der Waals surface area contributed by atoms with Crippen LogP contribution in [0.4, 0.5) is 0 Å². The maximum atomic E-state index is 5.54. The fourth-order valence-electron chi connectivity index (χ4n) is 1.87. The van der Waals surface area contributed by atoms with E-state index < -0.39 is 5.60 Å². The minimum Gasteiger partial charge on any atom is -0.379 e.